The molecule has 1 aromatic carbocycles. The van der Waals surface area contributed by atoms with Crippen LogP contribution in [-0.4, -0.2) is 13.2 Å². The van der Waals surface area contributed by atoms with Crippen LogP contribution in [0, 0.1) is 11.8 Å². The molecule has 0 radical (unpaired) electrons. The molecule has 1 fully saturated rings. The molecule has 2 rings (SSSR count). The summed E-state index contributed by atoms with van der Waals surface area (Å²) < 4.78 is 5.25. The predicted molar refractivity (Wildman–Crippen MR) is 77.0 cm³/mol. The molecular weight excluding hydrogens is 224 g/mol. The molecule has 3 heteroatoms. The fraction of sp³-hybridized carbons (Fsp3) is 0.600. The van der Waals surface area contributed by atoms with Gasteiger partial charge in [0, 0.05) is 17.8 Å². The molecule has 0 saturated heterocycles. The maximum atomic E-state index is 5.82. The van der Waals surface area contributed by atoms with Crippen LogP contribution < -0.4 is 15.8 Å². The topological polar surface area (TPSA) is 47.3 Å². The zero-order chi connectivity index (χ0) is 13.1. The Morgan fingerprint density at radius 3 is 2.44 bits per heavy atom. The van der Waals surface area contributed by atoms with Gasteiger partial charge in [-0.1, -0.05) is 13.8 Å². The largest absolute Gasteiger partial charge is 0.495 e. The van der Waals surface area contributed by atoms with Crippen LogP contribution in [0.4, 0.5) is 11.4 Å². The highest BCUT2D eigenvalue weighted by Crippen LogP contribution is 2.32. The maximum absolute atomic E-state index is 5.82. The Hall–Kier alpha value is -1.38. The Kier molecular flexibility index (Phi) is 4.00. The number of nitrogens with two attached hydrogens (primary N) is 1. The van der Waals surface area contributed by atoms with Crippen molar-refractivity contribution in [1.82, 2.24) is 0 Å². The molecule has 0 aliphatic heterocycles. The third-order valence-corrected chi connectivity index (χ3v) is 3.78. The first-order valence-electron chi connectivity index (χ1n) is 6.78. The summed E-state index contributed by atoms with van der Waals surface area (Å²) in [5.74, 6) is 2.36. The van der Waals surface area contributed by atoms with Crippen LogP contribution in [0.5, 0.6) is 5.75 Å². The molecule has 1 saturated carbocycles. The van der Waals surface area contributed by atoms with Crippen LogP contribution in [0.2, 0.25) is 0 Å². The highest BCUT2D eigenvalue weighted by atomic mass is 16.5. The number of benzene rings is 1. The molecule has 1 aliphatic carbocycles. The quantitative estimate of drug-likeness (QED) is 0.805. The summed E-state index contributed by atoms with van der Waals surface area (Å²) in [6, 6.07) is 6.48. The van der Waals surface area contributed by atoms with Gasteiger partial charge in [0.25, 0.3) is 0 Å². The molecular formula is C15H24N2O. The van der Waals surface area contributed by atoms with Crippen molar-refractivity contribution < 1.29 is 4.74 Å². The molecule has 0 amide bonds. The van der Waals surface area contributed by atoms with Crippen molar-refractivity contribution in [2.75, 3.05) is 18.2 Å². The average Bonchev–Trinajstić information content (AvgIpc) is 2.30. The minimum atomic E-state index is 0.567. The number of anilines is 2. The Morgan fingerprint density at radius 2 is 1.83 bits per heavy atom. The van der Waals surface area contributed by atoms with E-state index in [4.69, 9.17) is 10.5 Å². The van der Waals surface area contributed by atoms with E-state index in [1.807, 2.05) is 18.2 Å². The summed E-state index contributed by atoms with van der Waals surface area (Å²) >= 11 is 0. The van der Waals surface area contributed by atoms with Gasteiger partial charge in [-0.05, 0) is 43.2 Å². The van der Waals surface area contributed by atoms with Crippen molar-refractivity contribution in [2.45, 2.75) is 39.2 Å². The van der Waals surface area contributed by atoms with E-state index in [0.29, 0.717) is 11.7 Å². The standard InChI is InChI=1S/C15H24N2O/c1-10-6-11(2)8-13(7-10)17-12-4-5-14(16)15(9-12)18-3/h4-5,9-11,13,17H,6-8,16H2,1-3H3. The van der Waals surface area contributed by atoms with Gasteiger partial charge in [-0.2, -0.15) is 0 Å². The normalized spacial score (nSPS) is 27.8. The van der Waals surface area contributed by atoms with Gasteiger partial charge in [0.1, 0.15) is 5.75 Å². The smallest absolute Gasteiger partial charge is 0.143 e. The summed E-state index contributed by atoms with van der Waals surface area (Å²) in [6.07, 6.45) is 3.84. The Labute approximate surface area is 110 Å². The molecule has 2 atom stereocenters. The van der Waals surface area contributed by atoms with E-state index in [1.54, 1.807) is 7.11 Å². The molecule has 0 aromatic heterocycles. The number of rotatable bonds is 3. The molecule has 0 spiro atoms. The van der Waals surface area contributed by atoms with Crippen molar-refractivity contribution in [2.24, 2.45) is 11.8 Å². The molecule has 0 bridgehead atoms. The zero-order valence-corrected chi connectivity index (χ0v) is 11.6. The fourth-order valence-electron chi connectivity index (χ4n) is 3.10. The third kappa shape index (κ3) is 3.09. The maximum Gasteiger partial charge on any atom is 0.143 e. The van der Waals surface area contributed by atoms with Gasteiger partial charge in [0.05, 0.1) is 12.8 Å². The Balaban J connectivity index is 2.04. The van der Waals surface area contributed by atoms with Crippen LogP contribution in [-0.2, 0) is 0 Å². The van der Waals surface area contributed by atoms with Crippen molar-refractivity contribution in [3.8, 4) is 5.75 Å². The van der Waals surface area contributed by atoms with Gasteiger partial charge in [-0.15, -0.1) is 0 Å². The second kappa shape index (κ2) is 5.51. The third-order valence-electron chi connectivity index (χ3n) is 3.78. The lowest BCUT2D eigenvalue weighted by Gasteiger charge is -2.32. The predicted octanol–water partition coefficient (Wildman–Crippen LogP) is 3.51. The van der Waals surface area contributed by atoms with E-state index in [0.717, 1.165) is 23.3 Å². The van der Waals surface area contributed by atoms with Crippen LogP contribution >= 0.6 is 0 Å². The molecule has 1 aliphatic rings. The minimum Gasteiger partial charge on any atom is -0.495 e. The monoisotopic (exact) mass is 248 g/mol. The first-order chi connectivity index (χ1) is 8.58. The van der Waals surface area contributed by atoms with Crippen LogP contribution in [0.15, 0.2) is 18.2 Å². The van der Waals surface area contributed by atoms with Crippen molar-refractivity contribution in [3.63, 3.8) is 0 Å². The zero-order valence-electron chi connectivity index (χ0n) is 11.6. The number of nitrogens with one attached hydrogen (secondary N) is 1. The van der Waals surface area contributed by atoms with Crippen molar-refractivity contribution >= 4 is 11.4 Å². The molecule has 18 heavy (non-hydrogen) atoms. The molecule has 0 heterocycles. The van der Waals surface area contributed by atoms with E-state index in [-0.39, 0.29) is 0 Å². The van der Waals surface area contributed by atoms with E-state index in [2.05, 4.69) is 19.2 Å². The Morgan fingerprint density at radius 1 is 1.17 bits per heavy atom. The van der Waals surface area contributed by atoms with Gasteiger partial charge in [0.15, 0.2) is 0 Å². The van der Waals surface area contributed by atoms with Crippen LogP contribution in [0.3, 0.4) is 0 Å². The van der Waals surface area contributed by atoms with Gasteiger partial charge < -0.3 is 15.8 Å². The van der Waals surface area contributed by atoms with Crippen molar-refractivity contribution in [1.29, 1.82) is 0 Å². The average molecular weight is 248 g/mol. The Bertz CT molecular complexity index is 395. The summed E-state index contributed by atoms with van der Waals surface area (Å²) in [6.45, 7) is 4.68. The minimum absolute atomic E-state index is 0.567. The number of ether oxygens (including phenoxy) is 1. The second-order valence-electron chi connectivity index (χ2n) is 5.72. The van der Waals surface area contributed by atoms with E-state index >= 15 is 0 Å². The first kappa shape index (κ1) is 13.1. The van der Waals surface area contributed by atoms with Gasteiger partial charge in [-0.3, -0.25) is 0 Å². The summed E-state index contributed by atoms with van der Waals surface area (Å²) in [4.78, 5) is 0. The molecule has 100 valence electrons. The molecule has 1 aromatic rings. The van der Waals surface area contributed by atoms with Gasteiger partial charge >= 0.3 is 0 Å². The molecule has 3 N–H and O–H groups in total. The lowest BCUT2D eigenvalue weighted by atomic mass is 9.80. The number of hydrogen-bond donors (Lipinski definition) is 2. The SMILES string of the molecule is COc1cc(NC2CC(C)CC(C)C2)ccc1N. The van der Waals surface area contributed by atoms with Gasteiger partial charge in [0.2, 0.25) is 0 Å². The summed E-state index contributed by atoms with van der Waals surface area (Å²) in [7, 11) is 1.65. The van der Waals surface area contributed by atoms with E-state index in [1.165, 1.54) is 19.3 Å². The summed E-state index contributed by atoms with van der Waals surface area (Å²) in [5, 5.41) is 3.61. The van der Waals surface area contributed by atoms with Crippen molar-refractivity contribution in [3.05, 3.63) is 18.2 Å². The number of hydrogen-bond acceptors (Lipinski definition) is 3. The first-order valence-corrected chi connectivity index (χ1v) is 6.78. The highest BCUT2D eigenvalue weighted by molar-refractivity contribution is 5.61. The lowest BCUT2D eigenvalue weighted by molar-refractivity contribution is 0.281. The molecule has 2 unspecified atom stereocenters. The number of nitrogen functional groups attached to an aromatic ring is 1. The number of methoxy groups -OCH3 is 1. The highest BCUT2D eigenvalue weighted by Gasteiger charge is 2.23. The van der Waals surface area contributed by atoms with E-state index in [9.17, 15) is 0 Å². The van der Waals surface area contributed by atoms with Gasteiger partial charge in [-0.25, -0.2) is 0 Å². The van der Waals surface area contributed by atoms with Crippen LogP contribution in [0.25, 0.3) is 0 Å². The van der Waals surface area contributed by atoms with E-state index < -0.39 is 0 Å². The van der Waals surface area contributed by atoms with Crippen LogP contribution in [0.1, 0.15) is 33.1 Å². The lowest BCUT2D eigenvalue weighted by Crippen LogP contribution is -2.30. The second-order valence-corrected chi connectivity index (χ2v) is 5.72. The summed E-state index contributed by atoms with van der Waals surface area (Å²) in [5.41, 5.74) is 7.62. The fourth-order valence-corrected chi connectivity index (χ4v) is 3.10. The molecule has 3 nitrogen and oxygen atoms in total.